The van der Waals surface area contributed by atoms with Gasteiger partial charge in [-0.3, -0.25) is 0 Å². The highest BCUT2D eigenvalue weighted by Gasteiger charge is 2.13. The minimum Gasteiger partial charge on any atom is -0.496 e. The second kappa shape index (κ2) is 7.57. The molecule has 3 aromatic rings. The minimum atomic E-state index is 0.399. The lowest BCUT2D eigenvalue weighted by atomic mass is 10.1. The van der Waals surface area contributed by atoms with E-state index in [0.717, 1.165) is 11.1 Å². The van der Waals surface area contributed by atoms with Crippen molar-refractivity contribution in [2.45, 2.75) is 6.54 Å². The minimum absolute atomic E-state index is 0.399. The lowest BCUT2D eigenvalue weighted by Gasteiger charge is -2.14. The van der Waals surface area contributed by atoms with E-state index in [4.69, 9.17) is 18.7 Å². The van der Waals surface area contributed by atoms with E-state index in [1.54, 1.807) is 27.4 Å². The fraction of sp³-hybridized carbons (Fsp3) is 0.222. The van der Waals surface area contributed by atoms with Gasteiger partial charge in [-0.25, -0.2) is 0 Å². The Bertz CT molecular complexity index is 834. The van der Waals surface area contributed by atoms with Gasteiger partial charge in [-0.15, -0.1) is 0 Å². The highest BCUT2D eigenvalue weighted by atomic mass is 16.5. The van der Waals surface area contributed by atoms with Crippen LogP contribution >= 0.6 is 0 Å². The molecule has 130 valence electrons. The van der Waals surface area contributed by atoms with Crippen molar-refractivity contribution in [3.05, 3.63) is 48.0 Å². The summed E-state index contributed by atoms with van der Waals surface area (Å²) in [5.41, 5.74) is 1.75. The summed E-state index contributed by atoms with van der Waals surface area (Å²) < 4.78 is 21.3. The Hall–Kier alpha value is -3.22. The SMILES string of the molecule is COc1cc(OC)c(OC)cc1CNc1noc(-c2ccccc2)n1. The number of benzene rings is 2. The van der Waals surface area contributed by atoms with E-state index < -0.39 is 0 Å². The number of anilines is 1. The molecule has 1 aromatic heterocycles. The molecule has 0 radical (unpaired) electrons. The number of nitrogens with one attached hydrogen (secondary N) is 1. The molecule has 1 N–H and O–H groups in total. The molecule has 0 bridgehead atoms. The van der Waals surface area contributed by atoms with Crippen molar-refractivity contribution >= 4 is 5.95 Å². The van der Waals surface area contributed by atoms with Crippen LogP contribution < -0.4 is 19.5 Å². The monoisotopic (exact) mass is 341 g/mol. The van der Waals surface area contributed by atoms with E-state index in [-0.39, 0.29) is 0 Å². The highest BCUT2D eigenvalue weighted by molar-refractivity contribution is 5.54. The lowest BCUT2D eigenvalue weighted by Crippen LogP contribution is -2.04. The van der Waals surface area contributed by atoms with Crippen molar-refractivity contribution in [3.63, 3.8) is 0 Å². The third-order valence-corrected chi connectivity index (χ3v) is 3.67. The van der Waals surface area contributed by atoms with E-state index in [2.05, 4.69) is 15.5 Å². The van der Waals surface area contributed by atoms with Crippen molar-refractivity contribution < 1.29 is 18.7 Å². The van der Waals surface area contributed by atoms with E-state index in [9.17, 15) is 0 Å². The van der Waals surface area contributed by atoms with Gasteiger partial charge in [-0.1, -0.05) is 18.2 Å². The van der Waals surface area contributed by atoms with E-state index in [1.807, 2.05) is 36.4 Å². The zero-order chi connectivity index (χ0) is 17.6. The number of methoxy groups -OCH3 is 3. The molecule has 7 nitrogen and oxygen atoms in total. The van der Waals surface area contributed by atoms with Gasteiger partial charge < -0.3 is 24.1 Å². The molecular formula is C18H19N3O4. The number of aromatic nitrogens is 2. The topological polar surface area (TPSA) is 78.6 Å². The molecule has 2 aromatic carbocycles. The number of hydrogen-bond donors (Lipinski definition) is 1. The van der Waals surface area contributed by atoms with Gasteiger partial charge in [0.05, 0.1) is 21.3 Å². The quantitative estimate of drug-likeness (QED) is 0.706. The van der Waals surface area contributed by atoms with Crippen LogP contribution in [0.2, 0.25) is 0 Å². The second-order valence-corrected chi connectivity index (χ2v) is 5.16. The van der Waals surface area contributed by atoms with Gasteiger partial charge in [0.2, 0.25) is 0 Å². The van der Waals surface area contributed by atoms with Crippen LogP contribution in [0.4, 0.5) is 5.95 Å². The van der Waals surface area contributed by atoms with Crippen molar-refractivity contribution in [2.24, 2.45) is 0 Å². The Kier molecular flexibility index (Phi) is 5.03. The van der Waals surface area contributed by atoms with Gasteiger partial charge in [0.25, 0.3) is 11.8 Å². The second-order valence-electron chi connectivity index (χ2n) is 5.16. The van der Waals surface area contributed by atoms with Crippen LogP contribution in [0.1, 0.15) is 5.56 Å². The summed E-state index contributed by atoms with van der Waals surface area (Å²) in [6, 6.07) is 13.2. The first-order valence-electron chi connectivity index (χ1n) is 7.67. The molecule has 25 heavy (non-hydrogen) atoms. The van der Waals surface area contributed by atoms with Crippen LogP contribution in [0.3, 0.4) is 0 Å². The Labute approximate surface area is 145 Å². The average molecular weight is 341 g/mol. The number of ether oxygens (including phenoxy) is 3. The van der Waals surface area contributed by atoms with Gasteiger partial charge in [0, 0.05) is 23.7 Å². The zero-order valence-corrected chi connectivity index (χ0v) is 14.3. The fourth-order valence-corrected chi connectivity index (χ4v) is 2.40. The summed E-state index contributed by atoms with van der Waals surface area (Å²) in [6.45, 7) is 0.442. The Morgan fingerprint density at radius 1 is 0.920 bits per heavy atom. The van der Waals surface area contributed by atoms with Crippen molar-refractivity contribution in [1.29, 1.82) is 0 Å². The van der Waals surface area contributed by atoms with Crippen LogP contribution in [-0.4, -0.2) is 31.5 Å². The number of rotatable bonds is 7. The summed E-state index contributed by atoms with van der Waals surface area (Å²) in [6.07, 6.45) is 0. The number of nitrogens with zero attached hydrogens (tertiary/aromatic N) is 2. The lowest BCUT2D eigenvalue weighted by molar-refractivity contribution is 0.347. The maximum atomic E-state index is 5.41. The summed E-state index contributed by atoms with van der Waals surface area (Å²) in [5.74, 6) is 2.77. The standard InChI is InChI=1S/C18H19N3O4/c1-22-14-10-16(24-3)15(23-2)9-13(14)11-19-18-20-17(25-21-18)12-7-5-4-6-8-12/h4-10H,11H2,1-3H3,(H,19,21). The predicted molar refractivity (Wildman–Crippen MR) is 93.2 cm³/mol. The van der Waals surface area contributed by atoms with Crippen molar-refractivity contribution in [3.8, 4) is 28.7 Å². The van der Waals surface area contributed by atoms with Crippen molar-refractivity contribution in [1.82, 2.24) is 10.1 Å². The maximum absolute atomic E-state index is 5.41. The predicted octanol–water partition coefficient (Wildman–Crippen LogP) is 3.37. The van der Waals surface area contributed by atoms with Gasteiger partial charge in [0.1, 0.15) is 5.75 Å². The molecule has 0 amide bonds. The first-order valence-corrected chi connectivity index (χ1v) is 7.67. The smallest absolute Gasteiger partial charge is 0.264 e. The van der Waals surface area contributed by atoms with Gasteiger partial charge >= 0.3 is 0 Å². The van der Waals surface area contributed by atoms with E-state index in [1.165, 1.54) is 0 Å². The zero-order valence-electron chi connectivity index (χ0n) is 14.3. The summed E-state index contributed by atoms with van der Waals surface area (Å²) in [5, 5.41) is 7.07. The fourth-order valence-electron chi connectivity index (χ4n) is 2.40. The molecule has 0 unspecified atom stereocenters. The normalized spacial score (nSPS) is 10.4. The van der Waals surface area contributed by atoms with Crippen LogP contribution in [0.5, 0.6) is 17.2 Å². The Morgan fingerprint density at radius 3 is 2.28 bits per heavy atom. The van der Waals surface area contributed by atoms with Crippen LogP contribution in [-0.2, 0) is 6.54 Å². The molecule has 7 heteroatoms. The molecule has 0 spiro atoms. The Morgan fingerprint density at radius 2 is 1.60 bits per heavy atom. The van der Waals surface area contributed by atoms with Gasteiger partial charge in [-0.2, -0.15) is 4.98 Å². The largest absolute Gasteiger partial charge is 0.496 e. The molecule has 0 aliphatic carbocycles. The molecule has 0 saturated heterocycles. The summed E-state index contributed by atoms with van der Waals surface area (Å²) >= 11 is 0. The molecule has 1 heterocycles. The molecule has 0 aliphatic rings. The summed E-state index contributed by atoms with van der Waals surface area (Å²) in [7, 11) is 4.78. The van der Waals surface area contributed by atoms with Gasteiger partial charge in [0.15, 0.2) is 11.5 Å². The first kappa shape index (κ1) is 16.6. The molecular weight excluding hydrogens is 322 g/mol. The third-order valence-electron chi connectivity index (χ3n) is 3.67. The molecule has 0 fully saturated rings. The van der Waals surface area contributed by atoms with E-state index in [0.29, 0.717) is 35.6 Å². The maximum Gasteiger partial charge on any atom is 0.264 e. The van der Waals surface area contributed by atoms with Crippen molar-refractivity contribution in [2.75, 3.05) is 26.6 Å². The van der Waals surface area contributed by atoms with Crippen LogP contribution in [0.15, 0.2) is 47.0 Å². The van der Waals surface area contributed by atoms with Crippen LogP contribution in [0.25, 0.3) is 11.5 Å². The first-order chi connectivity index (χ1) is 12.2. The third kappa shape index (κ3) is 3.65. The van der Waals surface area contributed by atoms with Gasteiger partial charge in [-0.05, 0) is 23.4 Å². The summed E-state index contributed by atoms with van der Waals surface area (Å²) in [4.78, 5) is 4.34. The molecule has 0 atom stereocenters. The number of hydrogen-bond acceptors (Lipinski definition) is 7. The van der Waals surface area contributed by atoms with E-state index >= 15 is 0 Å². The average Bonchev–Trinajstić information content (AvgIpc) is 3.15. The van der Waals surface area contributed by atoms with Crippen LogP contribution in [0, 0.1) is 0 Å². The molecule has 0 saturated carbocycles. The highest BCUT2D eigenvalue weighted by Crippen LogP contribution is 2.34. The Balaban J connectivity index is 1.76. The molecule has 0 aliphatic heterocycles. The molecule has 3 rings (SSSR count).